The number of piperidine rings is 1. The van der Waals surface area contributed by atoms with Gasteiger partial charge in [0.05, 0.1) is 18.3 Å². The monoisotopic (exact) mass is 678 g/mol. The van der Waals surface area contributed by atoms with Crippen LogP contribution in [0.2, 0.25) is 0 Å². The molecule has 0 aliphatic carbocycles. The fraction of sp³-hybridized carbons (Fsp3) is 0.657. The van der Waals surface area contributed by atoms with Crippen LogP contribution in [0.25, 0.3) is 10.9 Å². The maximum atomic E-state index is 12.9. The summed E-state index contributed by atoms with van der Waals surface area (Å²) < 4.78 is 13.1. The third-order valence-electron chi connectivity index (χ3n) is 8.46. The van der Waals surface area contributed by atoms with Gasteiger partial charge in [-0.3, -0.25) is 4.68 Å². The first kappa shape index (κ1) is 36.1. The maximum Gasteiger partial charge on any atom is 0.410 e. The number of ether oxygens (including phenoxy) is 2. The quantitative estimate of drug-likeness (QED) is 0.255. The van der Waals surface area contributed by atoms with E-state index in [0.717, 1.165) is 61.3 Å². The Balaban J connectivity index is 1.14. The van der Waals surface area contributed by atoms with E-state index in [1.807, 2.05) is 81.6 Å². The number of carbonyl (C=O) groups excluding carboxylic acids is 2. The fourth-order valence-electron chi connectivity index (χ4n) is 6.00. The number of aromatic nitrogens is 5. The molecule has 0 atom stereocenters. The number of hydrogen-bond acceptors (Lipinski definition) is 11. The summed E-state index contributed by atoms with van der Waals surface area (Å²) in [6, 6.07) is 8.09. The van der Waals surface area contributed by atoms with Gasteiger partial charge in [-0.05, 0) is 98.9 Å². The predicted octanol–water partition coefficient (Wildman–Crippen LogP) is 5.37. The third kappa shape index (κ3) is 11.2. The molecule has 3 aromatic rings. The summed E-state index contributed by atoms with van der Waals surface area (Å²) in [5.41, 5.74) is 0.542. The Morgan fingerprint density at radius 2 is 1.63 bits per heavy atom. The van der Waals surface area contributed by atoms with Crippen molar-refractivity contribution in [2.45, 2.75) is 104 Å². The molecule has 0 bridgehead atoms. The van der Waals surface area contributed by atoms with Crippen molar-refractivity contribution < 1.29 is 19.1 Å². The molecule has 14 nitrogen and oxygen atoms in total. The van der Waals surface area contributed by atoms with Crippen molar-refractivity contribution in [3.8, 4) is 0 Å². The van der Waals surface area contributed by atoms with Crippen LogP contribution in [0, 0.1) is 0 Å². The van der Waals surface area contributed by atoms with Crippen LogP contribution < -0.4 is 10.6 Å². The van der Waals surface area contributed by atoms with E-state index in [1.165, 1.54) is 12.8 Å². The molecule has 4 heterocycles. The second-order valence-electron chi connectivity index (χ2n) is 15.0. The molecule has 268 valence electrons. The minimum absolute atomic E-state index is 0.163. The average Bonchev–Trinajstić information content (AvgIpc) is 3.73. The van der Waals surface area contributed by atoms with Crippen LogP contribution in [0.1, 0.15) is 79.3 Å². The molecule has 0 radical (unpaired) electrons. The molecule has 2 fully saturated rings. The number of amides is 2. The van der Waals surface area contributed by atoms with Crippen LogP contribution >= 0.6 is 0 Å². The Kier molecular flexibility index (Phi) is 11.8. The zero-order valence-corrected chi connectivity index (χ0v) is 30.1. The summed E-state index contributed by atoms with van der Waals surface area (Å²) in [6.07, 6.45) is 6.12. The smallest absolute Gasteiger partial charge is 0.410 e. The molecule has 5 rings (SSSR count). The number of para-hydroxylation sites is 1. The first-order valence-electron chi connectivity index (χ1n) is 17.7. The highest BCUT2D eigenvalue weighted by Crippen LogP contribution is 2.25. The zero-order valence-electron chi connectivity index (χ0n) is 30.1. The normalized spacial score (nSPS) is 16.2. The van der Waals surface area contributed by atoms with Gasteiger partial charge >= 0.3 is 12.2 Å². The van der Waals surface area contributed by atoms with Crippen LogP contribution in [-0.2, 0) is 22.6 Å². The lowest BCUT2D eigenvalue weighted by atomic mass is 10.1. The number of fused-ring (bicyclic) bond motifs is 1. The van der Waals surface area contributed by atoms with E-state index < -0.39 is 11.2 Å². The van der Waals surface area contributed by atoms with Crippen molar-refractivity contribution in [3.63, 3.8) is 0 Å². The van der Waals surface area contributed by atoms with Crippen molar-refractivity contribution in [3.05, 3.63) is 36.2 Å². The second kappa shape index (κ2) is 16.0. The van der Waals surface area contributed by atoms with Gasteiger partial charge in [0.25, 0.3) is 0 Å². The lowest BCUT2D eigenvalue weighted by Crippen LogP contribution is -2.44. The molecule has 2 saturated heterocycles. The highest BCUT2D eigenvalue weighted by atomic mass is 16.6. The van der Waals surface area contributed by atoms with Gasteiger partial charge < -0.3 is 34.8 Å². The summed E-state index contributed by atoms with van der Waals surface area (Å²) in [6.45, 7) is 17.9. The molecule has 1 aromatic carbocycles. The van der Waals surface area contributed by atoms with Crippen LogP contribution in [-0.4, -0.2) is 115 Å². The van der Waals surface area contributed by atoms with Gasteiger partial charge in [-0.1, -0.05) is 17.3 Å². The van der Waals surface area contributed by atoms with Gasteiger partial charge in [0.2, 0.25) is 5.95 Å². The van der Waals surface area contributed by atoms with E-state index in [4.69, 9.17) is 19.4 Å². The number of likely N-dealkylation sites (tertiary alicyclic amines) is 2. The Hall–Kier alpha value is -4.20. The average molecular weight is 679 g/mol. The van der Waals surface area contributed by atoms with E-state index in [9.17, 15) is 9.59 Å². The summed E-state index contributed by atoms with van der Waals surface area (Å²) in [7, 11) is 0. The van der Waals surface area contributed by atoms with Crippen LogP contribution in [0.4, 0.5) is 21.4 Å². The number of nitrogens with zero attached hydrogens (tertiary/aromatic N) is 8. The standard InChI is InChI=1S/C35H54N10O4/c1-34(2,3)48-32(46)43(23-22-42-16-9-10-17-42)18-11-19-45-25-27(40-41-45)24-36-31-38-29-13-8-7-12-28(29)30(39-31)37-26-14-20-44(21-15-26)33(47)49-35(4,5)6/h7-8,12-13,25-26H,9-11,14-24H2,1-6H3,(H2,36,37,38,39). The van der Waals surface area contributed by atoms with E-state index in [-0.39, 0.29) is 18.2 Å². The van der Waals surface area contributed by atoms with Gasteiger partial charge in [-0.2, -0.15) is 4.98 Å². The lowest BCUT2D eigenvalue weighted by molar-refractivity contribution is 0.0206. The Bertz CT molecular complexity index is 1540. The molecule has 0 spiro atoms. The summed E-state index contributed by atoms with van der Waals surface area (Å²) >= 11 is 0. The minimum atomic E-state index is -0.538. The number of carbonyl (C=O) groups is 2. The molecule has 2 aliphatic heterocycles. The van der Waals surface area contributed by atoms with Crippen molar-refractivity contribution in [2.24, 2.45) is 0 Å². The van der Waals surface area contributed by atoms with E-state index in [1.54, 1.807) is 4.90 Å². The lowest BCUT2D eigenvalue weighted by Gasteiger charge is -2.34. The SMILES string of the molecule is CC(C)(C)OC(=O)N1CCC(Nc2nc(NCc3cn(CCCN(CCN4CCCC4)C(=O)OC(C)(C)C)nn3)nc3ccccc23)CC1. The van der Waals surface area contributed by atoms with E-state index >= 15 is 0 Å². The Labute approximate surface area is 289 Å². The van der Waals surface area contributed by atoms with Crippen molar-refractivity contribution in [2.75, 3.05) is 56.4 Å². The predicted molar refractivity (Wildman–Crippen MR) is 189 cm³/mol. The number of hydrogen-bond donors (Lipinski definition) is 2. The van der Waals surface area contributed by atoms with Crippen molar-refractivity contribution >= 4 is 34.9 Å². The molecule has 2 aromatic heterocycles. The number of aryl methyl sites for hydroxylation is 1. The van der Waals surface area contributed by atoms with E-state index in [0.29, 0.717) is 45.2 Å². The molecule has 2 N–H and O–H groups in total. The Morgan fingerprint density at radius 3 is 2.35 bits per heavy atom. The number of anilines is 2. The fourth-order valence-corrected chi connectivity index (χ4v) is 6.00. The summed E-state index contributed by atoms with van der Waals surface area (Å²) in [4.78, 5) is 41.0. The van der Waals surface area contributed by atoms with Crippen LogP contribution in [0.5, 0.6) is 0 Å². The van der Waals surface area contributed by atoms with Crippen molar-refractivity contribution in [1.29, 1.82) is 0 Å². The number of benzene rings is 1. The molecular formula is C35H54N10O4. The Morgan fingerprint density at radius 1 is 0.918 bits per heavy atom. The topological polar surface area (TPSA) is 143 Å². The number of nitrogens with one attached hydrogen (secondary N) is 2. The van der Waals surface area contributed by atoms with Gasteiger partial charge in [0.15, 0.2) is 0 Å². The molecule has 49 heavy (non-hydrogen) atoms. The molecule has 2 aliphatic rings. The largest absolute Gasteiger partial charge is 0.444 e. The third-order valence-corrected chi connectivity index (χ3v) is 8.46. The first-order valence-corrected chi connectivity index (χ1v) is 17.7. The van der Waals surface area contributed by atoms with Crippen LogP contribution in [0.15, 0.2) is 30.5 Å². The summed E-state index contributed by atoms with van der Waals surface area (Å²) in [5, 5.41) is 16.5. The summed E-state index contributed by atoms with van der Waals surface area (Å²) in [5.74, 6) is 1.25. The van der Waals surface area contributed by atoms with Gasteiger partial charge in [0.1, 0.15) is 22.7 Å². The molecule has 0 saturated carbocycles. The number of rotatable bonds is 12. The zero-order chi connectivity index (χ0) is 35.0. The highest BCUT2D eigenvalue weighted by molar-refractivity contribution is 5.90. The van der Waals surface area contributed by atoms with Crippen molar-refractivity contribution in [1.82, 2.24) is 39.7 Å². The second-order valence-corrected chi connectivity index (χ2v) is 15.0. The van der Waals surface area contributed by atoms with E-state index in [2.05, 4.69) is 25.8 Å². The maximum absolute atomic E-state index is 12.9. The van der Waals surface area contributed by atoms with Gasteiger partial charge in [0, 0.05) is 50.7 Å². The molecule has 14 heteroatoms. The highest BCUT2D eigenvalue weighted by Gasteiger charge is 2.28. The van der Waals surface area contributed by atoms with Gasteiger partial charge in [-0.15, -0.1) is 5.10 Å². The molecular weight excluding hydrogens is 624 g/mol. The molecule has 0 unspecified atom stereocenters. The molecule has 2 amide bonds. The minimum Gasteiger partial charge on any atom is -0.444 e. The van der Waals surface area contributed by atoms with Crippen LogP contribution in [0.3, 0.4) is 0 Å². The first-order chi connectivity index (χ1) is 23.3. The van der Waals surface area contributed by atoms with Gasteiger partial charge in [-0.25, -0.2) is 14.6 Å².